The van der Waals surface area contributed by atoms with E-state index in [1.165, 1.54) is 42.7 Å². The Kier molecular flexibility index (Phi) is 4.38. The van der Waals surface area contributed by atoms with Gasteiger partial charge in [0, 0.05) is 6.07 Å². The number of phenolic OH excluding ortho intramolecular Hbond substituents is 1. The van der Waals surface area contributed by atoms with Gasteiger partial charge < -0.3 is 14.6 Å². The van der Waals surface area contributed by atoms with Crippen LogP contribution in [0, 0.1) is 11.6 Å². The lowest BCUT2D eigenvalue weighted by Gasteiger charge is -2.27. The van der Waals surface area contributed by atoms with Crippen molar-refractivity contribution in [2.45, 2.75) is 6.04 Å². The van der Waals surface area contributed by atoms with Gasteiger partial charge in [-0.3, -0.25) is 14.5 Å². The predicted octanol–water partition coefficient (Wildman–Crippen LogP) is 4.05. The Morgan fingerprint density at radius 2 is 1.83 bits per heavy atom. The van der Waals surface area contributed by atoms with E-state index in [0.29, 0.717) is 6.07 Å². The number of amides is 1. The lowest BCUT2D eigenvalue weighted by Crippen LogP contribution is -2.31. The molecule has 2 aromatic carbocycles. The highest BCUT2D eigenvalue weighted by molar-refractivity contribution is 6.20. The van der Waals surface area contributed by atoms with Crippen molar-refractivity contribution in [2.24, 2.45) is 0 Å². The van der Waals surface area contributed by atoms with E-state index in [1.807, 2.05) is 0 Å². The van der Waals surface area contributed by atoms with E-state index in [1.54, 1.807) is 0 Å². The normalized spacial score (nSPS) is 16.6. The Balaban J connectivity index is 1.92. The minimum Gasteiger partial charge on any atom is -0.508 e. The van der Waals surface area contributed by atoms with Crippen LogP contribution in [0.3, 0.4) is 0 Å². The zero-order chi connectivity index (χ0) is 20.7. The van der Waals surface area contributed by atoms with Gasteiger partial charge >= 0.3 is 0 Å². The van der Waals surface area contributed by atoms with Crippen LogP contribution >= 0.6 is 0 Å². The molecule has 0 spiro atoms. The molecule has 0 radical (unpaired) electrons. The molecule has 1 aromatic heterocycles. The van der Waals surface area contributed by atoms with Crippen LogP contribution in [0.2, 0.25) is 0 Å². The molecule has 1 aliphatic heterocycles. The van der Waals surface area contributed by atoms with Crippen LogP contribution in [0.4, 0.5) is 14.5 Å². The molecule has 29 heavy (non-hydrogen) atoms. The van der Waals surface area contributed by atoms with Gasteiger partial charge in [-0.25, -0.2) is 8.78 Å². The summed E-state index contributed by atoms with van der Waals surface area (Å²) in [5, 5.41) is 20.3. The Labute approximate surface area is 162 Å². The van der Waals surface area contributed by atoms with Crippen LogP contribution in [0.15, 0.2) is 76.6 Å². The lowest BCUT2D eigenvalue weighted by molar-refractivity contribution is -0.117. The second-order valence-electron chi connectivity index (χ2n) is 6.34. The molecule has 1 atom stereocenters. The van der Waals surface area contributed by atoms with Gasteiger partial charge in [0.25, 0.3) is 5.91 Å². The number of aliphatic hydroxyl groups excluding tert-OH is 1. The molecule has 0 saturated heterocycles. The summed E-state index contributed by atoms with van der Waals surface area (Å²) in [6.07, 6.45) is 1.25. The molecule has 0 bridgehead atoms. The van der Waals surface area contributed by atoms with Gasteiger partial charge in [0.2, 0.25) is 5.78 Å². The van der Waals surface area contributed by atoms with Crippen molar-refractivity contribution < 1.29 is 33.0 Å². The van der Waals surface area contributed by atoms with Crippen molar-refractivity contribution >= 4 is 17.4 Å². The molecule has 1 aliphatic rings. The number of benzene rings is 2. The van der Waals surface area contributed by atoms with Gasteiger partial charge in [0.05, 0.1) is 23.6 Å². The molecule has 0 saturated carbocycles. The summed E-state index contributed by atoms with van der Waals surface area (Å²) in [7, 11) is 0. The number of Topliss-reactive ketones (excluding diaryl/α,β-unsaturated/α-hetero) is 1. The third-order valence-electron chi connectivity index (χ3n) is 4.55. The van der Waals surface area contributed by atoms with Gasteiger partial charge in [0.15, 0.2) is 11.5 Å². The van der Waals surface area contributed by atoms with E-state index in [4.69, 9.17) is 4.42 Å². The van der Waals surface area contributed by atoms with E-state index in [-0.39, 0.29) is 28.3 Å². The minimum absolute atomic E-state index is 0.133. The summed E-state index contributed by atoms with van der Waals surface area (Å²) in [5.74, 6) is -4.91. The lowest BCUT2D eigenvalue weighted by atomic mass is 9.94. The largest absolute Gasteiger partial charge is 0.508 e. The quantitative estimate of drug-likeness (QED) is 0.649. The highest BCUT2D eigenvalue weighted by atomic mass is 19.1. The molecular weight excluding hydrogens is 384 g/mol. The Bertz CT molecular complexity index is 1150. The molecule has 6 nitrogen and oxygen atoms in total. The highest BCUT2D eigenvalue weighted by Gasteiger charge is 2.46. The summed E-state index contributed by atoms with van der Waals surface area (Å²) >= 11 is 0. The minimum atomic E-state index is -1.27. The molecule has 1 amide bonds. The van der Waals surface area contributed by atoms with E-state index >= 15 is 0 Å². The van der Waals surface area contributed by atoms with Gasteiger partial charge in [-0.05, 0) is 42.0 Å². The first kappa shape index (κ1) is 18.4. The first-order chi connectivity index (χ1) is 13.9. The molecule has 1 unspecified atom stereocenters. The van der Waals surface area contributed by atoms with Crippen LogP contribution in [0.1, 0.15) is 22.2 Å². The molecule has 3 aromatic rings. The number of carbonyl (C=O) groups excluding carboxylic acids is 2. The average molecular weight is 397 g/mol. The van der Waals surface area contributed by atoms with Crippen molar-refractivity contribution in [1.82, 2.24) is 0 Å². The van der Waals surface area contributed by atoms with Crippen LogP contribution < -0.4 is 4.90 Å². The first-order valence-corrected chi connectivity index (χ1v) is 8.47. The van der Waals surface area contributed by atoms with Gasteiger partial charge in [-0.1, -0.05) is 12.1 Å². The standard InChI is InChI=1S/C21H13F2NO5/c22-12-6-7-15(14(23)10-12)24-18(11-3-1-4-13(25)9-11)17(20(27)21(24)28)19(26)16-5-2-8-29-16/h1-10,18,25,27H. The van der Waals surface area contributed by atoms with Crippen molar-refractivity contribution in [1.29, 1.82) is 0 Å². The van der Waals surface area contributed by atoms with Crippen molar-refractivity contribution in [3.8, 4) is 5.75 Å². The number of ketones is 1. The van der Waals surface area contributed by atoms with Gasteiger partial charge in [-0.2, -0.15) is 0 Å². The molecule has 0 aliphatic carbocycles. The molecule has 2 N–H and O–H groups in total. The maximum absolute atomic E-state index is 14.5. The number of aliphatic hydroxyl groups is 1. The smallest absolute Gasteiger partial charge is 0.294 e. The first-order valence-electron chi connectivity index (χ1n) is 8.47. The third-order valence-corrected chi connectivity index (χ3v) is 4.55. The number of carbonyl (C=O) groups is 2. The molecule has 8 heteroatoms. The monoisotopic (exact) mass is 397 g/mol. The van der Waals surface area contributed by atoms with Crippen molar-refractivity contribution in [3.05, 3.63) is 95.2 Å². The topological polar surface area (TPSA) is 91.0 Å². The number of furan rings is 1. The second-order valence-corrected chi connectivity index (χ2v) is 6.34. The van der Waals surface area contributed by atoms with Crippen LogP contribution in [0.25, 0.3) is 0 Å². The zero-order valence-electron chi connectivity index (χ0n) is 14.7. The maximum atomic E-state index is 14.5. The number of aromatic hydroxyl groups is 1. The summed E-state index contributed by atoms with van der Waals surface area (Å²) in [5.41, 5.74) is -0.446. The Morgan fingerprint density at radius 3 is 2.48 bits per heavy atom. The number of rotatable bonds is 4. The fourth-order valence-corrected chi connectivity index (χ4v) is 3.31. The number of hydrogen-bond acceptors (Lipinski definition) is 5. The van der Waals surface area contributed by atoms with Gasteiger partial charge in [-0.15, -0.1) is 0 Å². The molecular formula is C21H13F2NO5. The number of anilines is 1. The third kappa shape index (κ3) is 3.04. The summed E-state index contributed by atoms with van der Waals surface area (Å²) in [6, 6.07) is 9.74. The second kappa shape index (κ2) is 6.90. The van der Waals surface area contributed by atoms with E-state index in [9.17, 15) is 28.6 Å². The highest BCUT2D eigenvalue weighted by Crippen LogP contribution is 2.43. The maximum Gasteiger partial charge on any atom is 0.294 e. The van der Waals surface area contributed by atoms with E-state index < -0.39 is 35.1 Å². The average Bonchev–Trinajstić information content (AvgIpc) is 3.30. The summed E-state index contributed by atoms with van der Waals surface area (Å²) < 4.78 is 32.9. The molecule has 4 rings (SSSR count). The van der Waals surface area contributed by atoms with Crippen molar-refractivity contribution in [3.63, 3.8) is 0 Å². The molecule has 146 valence electrons. The number of phenols is 1. The molecule has 2 heterocycles. The number of halogens is 2. The Morgan fingerprint density at radius 1 is 1.03 bits per heavy atom. The number of hydrogen-bond donors (Lipinski definition) is 2. The zero-order valence-corrected chi connectivity index (χ0v) is 14.7. The van der Waals surface area contributed by atoms with E-state index in [0.717, 1.165) is 17.0 Å². The SMILES string of the molecule is O=C(C1=C(O)C(=O)N(c2ccc(F)cc2F)C1c1cccc(O)c1)c1ccco1. The molecule has 0 fully saturated rings. The van der Waals surface area contributed by atoms with Crippen LogP contribution in [-0.2, 0) is 4.79 Å². The van der Waals surface area contributed by atoms with Crippen LogP contribution in [-0.4, -0.2) is 21.9 Å². The van der Waals surface area contributed by atoms with Crippen molar-refractivity contribution in [2.75, 3.05) is 4.90 Å². The fourth-order valence-electron chi connectivity index (χ4n) is 3.31. The summed E-state index contributed by atoms with van der Waals surface area (Å²) in [6.45, 7) is 0. The van der Waals surface area contributed by atoms with Gasteiger partial charge in [0.1, 0.15) is 17.4 Å². The van der Waals surface area contributed by atoms with E-state index in [2.05, 4.69) is 0 Å². The number of nitrogens with zero attached hydrogens (tertiary/aromatic N) is 1. The predicted molar refractivity (Wildman–Crippen MR) is 97.4 cm³/mol. The van der Waals surface area contributed by atoms with Crippen LogP contribution in [0.5, 0.6) is 5.75 Å². The Hall–Kier alpha value is -3.94. The summed E-state index contributed by atoms with van der Waals surface area (Å²) in [4.78, 5) is 26.6. The fraction of sp³-hybridized carbons (Fsp3) is 0.0476.